The minimum absolute atomic E-state index is 0.0496. The molecule has 0 bridgehead atoms. The Kier molecular flexibility index (Phi) is 5.80. The molecular weight excluding hydrogens is 376 g/mol. The quantitative estimate of drug-likeness (QED) is 0.446. The van der Waals surface area contributed by atoms with Crippen molar-refractivity contribution in [3.8, 4) is 11.4 Å². The average Bonchev–Trinajstić information content (AvgIpc) is 3.27. The molecule has 0 aliphatic carbocycles. The first-order chi connectivity index (χ1) is 12.5. The van der Waals surface area contributed by atoms with Gasteiger partial charge in [0.05, 0.1) is 15.6 Å². The van der Waals surface area contributed by atoms with E-state index in [2.05, 4.69) is 10.1 Å². The summed E-state index contributed by atoms with van der Waals surface area (Å²) in [6, 6.07) is 11.0. The highest BCUT2D eigenvalue weighted by Crippen LogP contribution is 2.22. The number of ketones is 1. The Morgan fingerprint density at radius 2 is 1.96 bits per heavy atom. The summed E-state index contributed by atoms with van der Waals surface area (Å²) in [5, 5.41) is 3.91. The van der Waals surface area contributed by atoms with E-state index in [4.69, 9.17) is 20.9 Å². The zero-order valence-corrected chi connectivity index (χ0v) is 15.5. The summed E-state index contributed by atoms with van der Waals surface area (Å²) in [6.07, 6.45) is 0.296. The highest BCUT2D eigenvalue weighted by Gasteiger charge is 2.14. The van der Waals surface area contributed by atoms with E-state index in [0.717, 1.165) is 22.5 Å². The molecule has 1 aromatic carbocycles. The summed E-state index contributed by atoms with van der Waals surface area (Å²) < 4.78 is 10.6. The van der Waals surface area contributed by atoms with Crippen molar-refractivity contribution in [3.05, 3.63) is 57.1 Å². The number of ether oxygens (including phenoxy) is 1. The van der Waals surface area contributed by atoms with E-state index in [1.54, 1.807) is 12.1 Å². The molecule has 0 fully saturated rings. The van der Waals surface area contributed by atoms with E-state index in [1.807, 2.05) is 31.2 Å². The van der Waals surface area contributed by atoms with Crippen molar-refractivity contribution in [1.29, 1.82) is 0 Å². The third-order valence-electron chi connectivity index (χ3n) is 3.53. The van der Waals surface area contributed by atoms with Crippen LogP contribution in [0.1, 0.15) is 27.5 Å². The van der Waals surface area contributed by atoms with Crippen LogP contribution in [0.4, 0.5) is 0 Å². The molecule has 0 atom stereocenters. The molecule has 0 saturated heterocycles. The Labute approximate surface area is 158 Å². The molecule has 26 heavy (non-hydrogen) atoms. The number of hydrogen-bond donors (Lipinski definition) is 0. The monoisotopic (exact) mass is 390 g/mol. The predicted molar refractivity (Wildman–Crippen MR) is 97.4 cm³/mol. The number of benzene rings is 1. The minimum Gasteiger partial charge on any atom is -0.457 e. The van der Waals surface area contributed by atoms with E-state index >= 15 is 0 Å². The Hall–Kier alpha value is -2.51. The number of Topliss-reactive ketones (excluding diaryl/α,β-unsaturated/α-hetero) is 1. The first-order valence-electron chi connectivity index (χ1n) is 7.85. The van der Waals surface area contributed by atoms with Gasteiger partial charge in [-0.05, 0) is 19.1 Å². The fourth-order valence-corrected chi connectivity index (χ4v) is 3.11. The molecule has 0 N–H and O–H groups in total. The van der Waals surface area contributed by atoms with Crippen LogP contribution in [0.5, 0.6) is 0 Å². The summed E-state index contributed by atoms with van der Waals surface area (Å²) in [5.74, 6) is 0.0257. The number of nitrogens with zero attached hydrogens (tertiary/aromatic N) is 2. The van der Waals surface area contributed by atoms with Crippen LogP contribution in [0.25, 0.3) is 11.4 Å². The zero-order valence-electron chi connectivity index (χ0n) is 13.9. The molecule has 6 nitrogen and oxygen atoms in total. The van der Waals surface area contributed by atoms with E-state index < -0.39 is 5.97 Å². The number of rotatable bonds is 7. The Morgan fingerprint density at radius 3 is 2.65 bits per heavy atom. The predicted octanol–water partition coefficient (Wildman–Crippen LogP) is 4.12. The average molecular weight is 391 g/mol. The summed E-state index contributed by atoms with van der Waals surface area (Å²) in [4.78, 5) is 28.4. The van der Waals surface area contributed by atoms with E-state index in [1.165, 1.54) is 0 Å². The lowest BCUT2D eigenvalue weighted by Gasteiger charge is -2.01. The summed E-state index contributed by atoms with van der Waals surface area (Å²) >= 11 is 6.92. The number of aromatic nitrogens is 2. The number of aryl methyl sites for hydroxylation is 2. The van der Waals surface area contributed by atoms with Gasteiger partial charge in [-0.25, -0.2) is 0 Å². The number of hydrogen-bond acceptors (Lipinski definition) is 7. The van der Waals surface area contributed by atoms with Crippen LogP contribution < -0.4 is 0 Å². The van der Waals surface area contributed by atoms with Crippen LogP contribution >= 0.6 is 22.9 Å². The van der Waals surface area contributed by atoms with Crippen molar-refractivity contribution in [3.63, 3.8) is 0 Å². The molecule has 2 heterocycles. The number of carbonyl (C=O) groups is 2. The molecule has 0 aliphatic rings. The minimum atomic E-state index is -0.504. The van der Waals surface area contributed by atoms with Crippen molar-refractivity contribution < 1.29 is 18.8 Å². The van der Waals surface area contributed by atoms with Crippen LogP contribution in [-0.2, 0) is 16.0 Å². The summed E-state index contributed by atoms with van der Waals surface area (Å²) in [6.45, 7) is 1.68. The van der Waals surface area contributed by atoms with Gasteiger partial charge in [0, 0.05) is 12.0 Å². The lowest BCUT2D eigenvalue weighted by Crippen LogP contribution is -2.13. The second-order valence-electron chi connectivity index (χ2n) is 5.57. The topological polar surface area (TPSA) is 82.3 Å². The standard InChI is InChI=1S/C18H15ClN2O4S/c1-11-2-4-12(5-3-11)18-20-16(25-21-18)8-9-17(23)24-10-13(22)14-6-7-15(19)26-14/h2-7H,8-10H2,1H3. The van der Waals surface area contributed by atoms with Crippen molar-refractivity contribution in [1.82, 2.24) is 10.1 Å². The van der Waals surface area contributed by atoms with Crippen LogP contribution in [0.3, 0.4) is 0 Å². The van der Waals surface area contributed by atoms with E-state index in [-0.39, 0.29) is 25.2 Å². The molecule has 0 aliphatic heterocycles. The maximum atomic E-state index is 11.9. The highest BCUT2D eigenvalue weighted by atomic mass is 35.5. The first-order valence-corrected chi connectivity index (χ1v) is 9.04. The molecule has 0 amide bonds. The van der Waals surface area contributed by atoms with E-state index in [0.29, 0.717) is 20.9 Å². The molecule has 3 aromatic rings. The van der Waals surface area contributed by atoms with Gasteiger partial charge in [0.15, 0.2) is 6.61 Å². The van der Waals surface area contributed by atoms with Gasteiger partial charge < -0.3 is 9.26 Å². The molecule has 0 spiro atoms. The Bertz CT molecular complexity index is 917. The zero-order chi connectivity index (χ0) is 18.5. The SMILES string of the molecule is Cc1ccc(-c2noc(CCC(=O)OCC(=O)c3ccc(Cl)s3)n2)cc1. The lowest BCUT2D eigenvalue weighted by atomic mass is 10.1. The fourth-order valence-electron chi connectivity index (χ4n) is 2.14. The molecule has 2 aromatic heterocycles. The first kappa shape index (κ1) is 18.3. The molecule has 0 unspecified atom stereocenters. The van der Waals surface area contributed by atoms with Crippen LogP contribution in [0.15, 0.2) is 40.9 Å². The second-order valence-corrected chi connectivity index (χ2v) is 7.28. The highest BCUT2D eigenvalue weighted by molar-refractivity contribution is 7.18. The number of carbonyl (C=O) groups excluding carboxylic acids is 2. The second kappa shape index (κ2) is 8.25. The van der Waals surface area contributed by atoms with Gasteiger partial charge in [-0.1, -0.05) is 46.6 Å². The molecule has 3 rings (SSSR count). The molecule has 134 valence electrons. The third-order valence-corrected chi connectivity index (χ3v) is 4.81. The van der Waals surface area contributed by atoms with Gasteiger partial charge in [-0.3, -0.25) is 9.59 Å². The van der Waals surface area contributed by atoms with Gasteiger partial charge in [0.25, 0.3) is 0 Å². The number of halogens is 1. The molecule has 8 heteroatoms. The number of thiophene rings is 1. The Balaban J connectivity index is 1.47. The summed E-state index contributed by atoms with van der Waals surface area (Å²) in [5.41, 5.74) is 1.98. The van der Waals surface area contributed by atoms with Crippen molar-refractivity contribution in [2.45, 2.75) is 19.8 Å². The van der Waals surface area contributed by atoms with Gasteiger partial charge in [0.2, 0.25) is 17.5 Å². The maximum absolute atomic E-state index is 11.9. The Morgan fingerprint density at radius 1 is 1.19 bits per heavy atom. The van der Waals surface area contributed by atoms with Crippen LogP contribution in [0.2, 0.25) is 4.34 Å². The van der Waals surface area contributed by atoms with Crippen molar-refractivity contribution in [2.75, 3.05) is 6.61 Å². The number of esters is 1. The van der Waals surface area contributed by atoms with Crippen molar-refractivity contribution in [2.24, 2.45) is 0 Å². The maximum Gasteiger partial charge on any atom is 0.306 e. The normalized spacial score (nSPS) is 10.7. The van der Waals surface area contributed by atoms with Crippen LogP contribution in [-0.4, -0.2) is 28.5 Å². The van der Waals surface area contributed by atoms with Gasteiger partial charge in [0.1, 0.15) is 0 Å². The molecule has 0 radical (unpaired) electrons. The largest absolute Gasteiger partial charge is 0.457 e. The molecule has 0 saturated carbocycles. The lowest BCUT2D eigenvalue weighted by molar-refractivity contribution is -0.142. The van der Waals surface area contributed by atoms with Gasteiger partial charge in [-0.2, -0.15) is 4.98 Å². The van der Waals surface area contributed by atoms with Gasteiger partial charge in [-0.15, -0.1) is 11.3 Å². The van der Waals surface area contributed by atoms with Crippen molar-refractivity contribution >= 4 is 34.7 Å². The smallest absolute Gasteiger partial charge is 0.306 e. The van der Waals surface area contributed by atoms with E-state index in [9.17, 15) is 9.59 Å². The van der Waals surface area contributed by atoms with Gasteiger partial charge >= 0.3 is 5.97 Å². The third kappa shape index (κ3) is 4.77. The molecular formula is C18H15ClN2O4S. The van der Waals surface area contributed by atoms with Crippen LogP contribution in [0, 0.1) is 6.92 Å². The fraction of sp³-hybridized carbons (Fsp3) is 0.222. The summed E-state index contributed by atoms with van der Waals surface area (Å²) in [7, 11) is 0.